The van der Waals surface area contributed by atoms with Crippen LogP contribution in [-0.4, -0.2) is 51.2 Å². The number of carbonyl (C=O) groups is 1. The van der Waals surface area contributed by atoms with Gasteiger partial charge in [0.15, 0.2) is 5.03 Å². The fourth-order valence-corrected chi connectivity index (χ4v) is 5.57. The third-order valence-corrected chi connectivity index (χ3v) is 8.02. The molecular weight excluding hydrogens is 440 g/mol. The van der Waals surface area contributed by atoms with Gasteiger partial charge >= 0.3 is 0 Å². The number of hydrogen-bond acceptors (Lipinski definition) is 5. The number of amides is 1. The summed E-state index contributed by atoms with van der Waals surface area (Å²) >= 11 is 0. The number of rotatable bonds is 7. The number of imidazole rings is 2. The lowest BCUT2D eigenvalue weighted by molar-refractivity contribution is -0.127. The van der Waals surface area contributed by atoms with E-state index in [-0.39, 0.29) is 22.9 Å². The van der Waals surface area contributed by atoms with Gasteiger partial charge in [-0.1, -0.05) is 37.3 Å². The molecule has 3 heterocycles. The second kappa shape index (κ2) is 9.48. The zero-order valence-electron chi connectivity index (χ0n) is 19.2. The fourth-order valence-electron chi connectivity index (χ4n) is 4.07. The Balaban J connectivity index is 1.37. The Hall–Kier alpha value is -2.98. The summed E-state index contributed by atoms with van der Waals surface area (Å²) in [5.74, 6) is 1.06. The van der Waals surface area contributed by atoms with Crippen molar-refractivity contribution < 1.29 is 13.2 Å². The number of sulfonamides is 1. The van der Waals surface area contributed by atoms with Gasteiger partial charge in [-0.05, 0) is 31.7 Å². The number of piperidine rings is 1. The molecule has 1 amide bonds. The lowest BCUT2D eigenvalue weighted by Gasteiger charge is -2.30. The van der Waals surface area contributed by atoms with Crippen LogP contribution < -0.4 is 5.32 Å². The van der Waals surface area contributed by atoms with Gasteiger partial charge in [-0.15, -0.1) is 0 Å². The number of nitrogens with zero attached hydrogens (tertiary/aromatic N) is 4. The molecule has 176 valence electrons. The van der Waals surface area contributed by atoms with Crippen LogP contribution in [0.4, 0.5) is 0 Å². The van der Waals surface area contributed by atoms with Crippen LogP contribution in [0.2, 0.25) is 0 Å². The molecule has 0 bridgehead atoms. The standard InChI is InChI=1S/C23H30N6O3S/c1-4-19(22-24-14-20(26-22)17-8-6-5-7-9-17)27-23(30)18-10-12-29(13-11-18)33(31,32)21-15-28(3)16(2)25-21/h5-9,14-15,18-19H,4,10-13H2,1-3H3,(H,24,26)(H,27,30). The van der Waals surface area contributed by atoms with E-state index in [1.54, 1.807) is 24.7 Å². The number of H-pyrrole nitrogens is 1. The SMILES string of the molecule is CCC(NC(=O)C1CCN(S(=O)(=O)c2cn(C)c(C)n2)CC1)c1ncc(-c2ccccc2)[nH]1. The number of aromatic amines is 1. The zero-order chi connectivity index (χ0) is 23.6. The molecule has 1 aromatic carbocycles. The minimum atomic E-state index is -3.65. The van der Waals surface area contributed by atoms with Crippen LogP contribution in [0.1, 0.15) is 43.9 Å². The van der Waals surface area contributed by atoms with E-state index < -0.39 is 10.0 Å². The monoisotopic (exact) mass is 470 g/mol. The maximum absolute atomic E-state index is 13.0. The first kappa shape index (κ1) is 23.2. The summed E-state index contributed by atoms with van der Waals surface area (Å²) in [4.78, 5) is 24.9. The molecule has 10 heteroatoms. The van der Waals surface area contributed by atoms with E-state index in [2.05, 4.69) is 20.3 Å². The Labute approximate surface area is 194 Å². The van der Waals surface area contributed by atoms with E-state index in [1.807, 2.05) is 37.3 Å². The van der Waals surface area contributed by atoms with E-state index in [1.165, 1.54) is 10.5 Å². The summed E-state index contributed by atoms with van der Waals surface area (Å²) in [6.07, 6.45) is 4.95. The molecule has 4 rings (SSSR count). The molecule has 0 aliphatic carbocycles. The van der Waals surface area contributed by atoms with Crippen LogP contribution in [0, 0.1) is 12.8 Å². The Bertz CT molecular complexity index is 1190. The van der Waals surface area contributed by atoms with Crippen molar-refractivity contribution in [2.24, 2.45) is 13.0 Å². The molecule has 1 unspecified atom stereocenters. The van der Waals surface area contributed by atoms with Crippen LogP contribution in [-0.2, 0) is 21.9 Å². The summed E-state index contributed by atoms with van der Waals surface area (Å²) in [6.45, 7) is 4.36. The molecule has 0 spiro atoms. The van der Waals surface area contributed by atoms with Crippen molar-refractivity contribution in [2.75, 3.05) is 13.1 Å². The van der Waals surface area contributed by atoms with Gasteiger partial charge in [0.1, 0.15) is 11.6 Å². The Morgan fingerprint density at radius 3 is 2.55 bits per heavy atom. The summed E-state index contributed by atoms with van der Waals surface area (Å²) in [5.41, 5.74) is 1.94. The molecule has 33 heavy (non-hydrogen) atoms. The molecule has 1 atom stereocenters. The number of carbonyl (C=O) groups excluding carboxylic acids is 1. The third kappa shape index (κ3) is 4.86. The topological polar surface area (TPSA) is 113 Å². The van der Waals surface area contributed by atoms with Gasteiger partial charge in [-0.25, -0.2) is 18.4 Å². The summed E-state index contributed by atoms with van der Waals surface area (Å²) in [5, 5.41) is 3.16. The quantitative estimate of drug-likeness (QED) is 0.551. The maximum Gasteiger partial charge on any atom is 0.262 e. The average Bonchev–Trinajstić information content (AvgIpc) is 3.45. The summed E-state index contributed by atoms with van der Waals surface area (Å²) in [6, 6.07) is 9.68. The molecule has 9 nitrogen and oxygen atoms in total. The van der Waals surface area contributed by atoms with Crippen molar-refractivity contribution in [2.45, 2.75) is 44.2 Å². The molecular formula is C23H30N6O3S. The second-order valence-electron chi connectivity index (χ2n) is 8.43. The van der Waals surface area contributed by atoms with E-state index in [9.17, 15) is 13.2 Å². The Morgan fingerprint density at radius 2 is 1.94 bits per heavy atom. The highest BCUT2D eigenvalue weighted by molar-refractivity contribution is 7.89. The van der Waals surface area contributed by atoms with Crippen LogP contribution in [0.3, 0.4) is 0 Å². The highest BCUT2D eigenvalue weighted by Gasteiger charge is 2.34. The van der Waals surface area contributed by atoms with Crippen LogP contribution in [0.25, 0.3) is 11.3 Å². The lowest BCUT2D eigenvalue weighted by Crippen LogP contribution is -2.43. The van der Waals surface area contributed by atoms with Gasteiger partial charge in [0.05, 0.1) is 17.9 Å². The highest BCUT2D eigenvalue weighted by atomic mass is 32.2. The molecule has 1 aliphatic heterocycles. The summed E-state index contributed by atoms with van der Waals surface area (Å²) < 4.78 is 28.9. The predicted octanol–water partition coefficient (Wildman–Crippen LogP) is 2.79. The number of nitrogens with one attached hydrogen (secondary N) is 2. The van der Waals surface area contributed by atoms with Crippen molar-refractivity contribution in [3.63, 3.8) is 0 Å². The second-order valence-corrected chi connectivity index (χ2v) is 10.3. The average molecular weight is 471 g/mol. The van der Waals surface area contributed by atoms with Crippen molar-refractivity contribution in [3.8, 4) is 11.3 Å². The van der Waals surface area contributed by atoms with Gasteiger partial charge in [0, 0.05) is 32.3 Å². The van der Waals surface area contributed by atoms with Crippen LogP contribution in [0.5, 0.6) is 0 Å². The van der Waals surface area contributed by atoms with Crippen molar-refractivity contribution in [1.82, 2.24) is 29.1 Å². The minimum absolute atomic E-state index is 0.0588. The van der Waals surface area contributed by atoms with E-state index in [0.29, 0.717) is 38.2 Å². The third-order valence-electron chi connectivity index (χ3n) is 6.25. The number of benzene rings is 1. The smallest absolute Gasteiger partial charge is 0.262 e. The van der Waals surface area contributed by atoms with Gasteiger partial charge in [-0.3, -0.25) is 4.79 Å². The van der Waals surface area contributed by atoms with Gasteiger partial charge in [-0.2, -0.15) is 4.31 Å². The van der Waals surface area contributed by atoms with Crippen LogP contribution in [0.15, 0.2) is 47.8 Å². The Morgan fingerprint density at radius 1 is 1.24 bits per heavy atom. The largest absolute Gasteiger partial charge is 0.346 e. The zero-order valence-corrected chi connectivity index (χ0v) is 20.0. The normalized spacial score (nSPS) is 16.6. The van der Waals surface area contributed by atoms with Crippen LogP contribution >= 0.6 is 0 Å². The number of aryl methyl sites for hydroxylation is 2. The fraction of sp³-hybridized carbons (Fsp3) is 0.435. The molecule has 2 N–H and O–H groups in total. The first-order valence-corrected chi connectivity index (χ1v) is 12.6. The molecule has 3 aromatic rings. The first-order valence-electron chi connectivity index (χ1n) is 11.2. The molecule has 2 aromatic heterocycles. The van der Waals surface area contributed by atoms with E-state index in [4.69, 9.17) is 0 Å². The Kier molecular flexibility index (Phi) is 6.66. The molecule has 0 saturated carbocycles. The molecule has 1 fully saturated rings. The predicted molar refractivity (Wildman–Crippen MR) is 125 cm³/mol. The first-order chi connectivity index (χ1) is 15.8. The number of aromatic nitrogens is 4. The van der Waals surface area contributed by atoms with Gasteiger partial charge in [0.2, 0.25) is 5.91 Å². The maximum atomic E-state index is 13.0. The molecule has 1 saturated heterocycles. The van der Waals surface area contributed by atoms with E-state index in [0.717, 1.165) is 17.1 Å². The van der Waals surface area contributed by atoms with Crippen molar-refractivity contribution >= 4 is 15.9 Å². The molecule has 0 radical (unpaired) electrons. The van der Waals surface area contributed by atoms with Crippen molar-refractivity contribution in [3.05, 3.63) is 54.4 Å². The van der Waals surface area contributed by atoms with E-state index >= 15 is 0 Å². The number of hydrogen-bond donors (Lipinski definition) is 2. The minimum Gasteiger partial charge on any atom is -0.346 e. The lowest BCUT2D eigenvalue weighted by atomic mass is 9.96. The van der Waals surface area contributed by atoms with Gasteiger partial charge in [0.25, 0.3) is 10.0 Å². The summed E-state index contributed by atoms with van der Waals surface area (Å²) in [7, 11) is -1.88. The van der Waals surface area contributed by atoms with Crippen molar-refractivity contribution in [1.29, 1.82) is 0 Å². The highest BCUT2D eigenvalue weighted by Crippen LogP contribution is 2.25. The molecule has 1 aliphatic rings. The van der Waals surface area contributed by atoms with Gasteiger partial charge < -0.3 is 14.9 Å².